The predicted molar refractivity (Wildman–Crippen MR) is 188 cm³/mol. The van der Waals surface area contributed by atoms with Gasteiger partial charge >= 0.3 is 5.97 Å². The van der Waals surface area contributed by atoms with Crippen molar-refractivity contribution in [2.75, 3.05) is 0 Å². The fourth-order valence-electron chi connectivity index (χ4n) is 7.14. The average molecular weight is 720 g/mol. The van der Waals surface area contributed by atoms with E-state index in [1.807, 2.05) is 27.7 Å². The molecule has 5 N–H and O–H groups in total. The molecule has 2 fully saturated rings. The van der Waals surface area contributed by atoms with Gasteiger partial charge in [0.2, 0.25) is 23.5 Å². The lowest BCUT2D eigenvalue weighted by Gasteiger charge is -2.29. The Morgan fingerprint density at radius 3 is 2.27 bits per heavy atom. The Morgan fingerprint density at radius 1 is 0.962 bits per heavy atom. The van der Waals surface area contributed by atoms with Gasteiger partial charge in [0, 0.05) is 30.8 Å². The molecule has 5 amide bonds. The highest BCUT2D eigenvalue weighted by Gasteiger charge is 2.57. The number of aliphatic carboxylic acids is 1. The lowest BCUT2D eigenvalue weighted by molar-refractivity contribution is -0.145. The minimum atomic E-state index is -1.37. The van der Waals surface area contributed by atoms with Crippen molar-refractivity contribution in [1.82, 2.24) is 36.1 Å². The molecule has 2 aliphatic heterocycles. The van der Waals surface area contributed by atoms with Crippen LogP contribution in [0, 0.1) is 17.8 Å². The second kappa shape index (κ2) is 17.8. The molecular formula is C37H49N7O8. The molecule has 1 aromatic heterocycles. The summed E-state index contributed by atoms with van der Waals surface area (Å²) in [5, 5.41) is 20.3. The van der Waals surface area contributed by atoms with Crippen molar-refractivity contribution in [1.29, 1.82) is 0 Å². The van der Waals surface area contributed by atoms with E-state index in [4.69, 9.17) is 0 Å². The average Bonchev–Trinajstić information content (AvgIpc) is 3.62. The number of fused-ring (bicyclic) bond motifs is 1. The van der Waals surface area contributed by atoms with Crippen molar-refractivity contribution < 1.29 is 38.7 Å². The standard InChI is InChI=1S/C37H49N7O8/c1-6-11-24(31(45)35(49)42-26(37(51)52)17-22-12-9-8-10-13-22)40-34(48)30-23(7-2)18-28-21(5)29(36(50)44(28)30)43-32(46)25(16-20(3)4)41-33(47)27-19-38-14-15-39-27/h8-10,12-15,19-21,23-26,28-30H,6-7,11,16-18H2,1-5H3,(H,40,48)(H,41,47)(H,42,49)(H,43,46)(H,51,52)/t21?,23-,24?,25-,26-,28?,29-,30-/m0/s1. The molecule has 0 spiro atoms. The molecule has 3 unspecified atom stereocenters. The summed E-state index contributed by atoms with van der Waals surface area (Å²) >= 11 is 0. The zero-order chi connectivity index (χ0) is 38.1. The quantitative estimate of drug-likeness (QED) is 0.148. The number of rotatable bonds is 17. The highest BCUT2D eigenvalue weighted by molar-refractivity contribution is 6.38. The number of aromatic nitrogens is 2. The van der Waals surface area contributed by atoms with Crippen LogP contribution in [0.15, 0.2) is 48.9 Å². The molecule has 4 rings (SSSR count). The minimum Gasteiger partial charge on any atom is -0.480 e. The number of nitrogens with one attached hydrogen (secondary N) is 4. The van der Waals surface area contributed by atoms with Gasteiger partial charge in [-0.3, -0.25) is 33.8 Å². The van der Waals surface area contributed by atoms with Crippen LogP contribution in [0.25, 0.3) is 0 Å². The van der Waals surface area contributed by atoms with Crippen LogP contribution in [0.5, 0.6) is 0 Å². The number of nitrogens with zero attached hydrogens (tertiary/aromatic N) is 3. The first-order chi connectivity index (χ1) is 24.8. The largest absolute Gasteiger partial charge is 0.480 e. The van der Waals surface area contributed by atoms with Gasteiger partial charge in [0.25, 0.3) is 11.8 Å². The fraction of sp³-hybridized carbons (Fsp3) is 0.541. The molecule has 0 aliphatic carbocycles. The second-order valence-corrected chi connectivity index (χ2v) is 14.0. The zero-order valence-corrected chi connectivity index (χ0v) is 30.2. The number of amides is 5. The summed E-state index contributed by atoms with van der Waals surface area (Å²) in [7, 11) is 0. The Kier molecular flexibility index (Phi) is 13.6. The molecule has 15 heteroatoms. The van der Waals surface area contributed by atoms with Crippen LogP contribution in [-0.4, -0.2) is 97.5 Å². The van der Waals surface area contributed by atoms with E-state index < -0.39 is 71.5 Å². The third-order valence-electron chi connectivity index (χ3n) is 9.84. The van der Waals surface area contributed by atoms with E-state index in [-0.39, 0.29) is 42.3 Å². The molecule has 8 atom stereocenters. The summed E-state index contributed by atoms with van der Waals surface area (Å²) in [5.74, 6) is -6.21. The summed E-state index contributed by atoms with van der Waals surface area (Å²) in [4.78, 5) is 102. The van der Waals surface area contributed by atoms with E-state index in [0.717, 1.165) is 0 Å². The molecule has 280 valence electrons. The molecule has 3 heterocycles. The molecule has 2 aromatic rings. The van der Waals surface area contributed by atoms with Crippen LogP contribution < -0.4 is 21.3 Å². The Balaban J connectivity index is 1.47. The number of hydrogen-bond donors (Lipinski definition) is 5. The van der Waals surface area contributed by atoms with E-state index in [2.05, 4.69) is 31.2 Å². The van der Waals surface area contributed by atoms with E-state index in [9.17, 15) is 38.7 Å². The lowest BCUT2D eigenvalue weighted by Crippen LogP contribution is -2.57. The first-order valence-electron chi connectivity index (χ1n) is 17.9. The summed E-state index contributed by atoms with van der Waals surface area (Å²) in [5.41, 5.74) is 0.699. The Morgan fingerprint density at radius 2 is 1.67 bits per heavy atom. The third kappa shape index (κ3) is 9.36. The predicted octanol–water partition coefficient (Wildman–Crippen LogP) is 1.42. The van der Waals surface area contributed by atoms with Crippen LogP contribution in [0.3, 0.4) is 0 Å². The van der Waals surface area contributed by atoms with Gasteiger partial charge in [-0.25, -0.2) is 9.78 Å². The van der Waals surface area contributed by atoms with Gasteiger partial charge in [-0.2, -0.15) is 0 Å². The number of carboxylic acids is 1. The monoisotopic (exact) mass is 719 g/mol. The zero-order valence-electron chi connectivity index (χ0n) is 30.2. The van der Waals surface area contributed by atoms with Crippen LogP contribution in [-0.2, 0) is 35.2 Å². The molecule has 52 heavy (non-hydrogen) atoms. The maximum atomic E-state index is 14.0. The molecule has 15 nitrogen and oxygen atoms in total. The van der Waals surface area contributed by atoms with E-state index in [1.165, 1.54) is 23.5 Å². The first kappa shape index (κ1) is 39.6. The van der Waals surface area contributed by atoms with Crippen molar-refractivity contribution in [2.45, 2.75) is 109 Å². The van der Waals surface area contributed by atoms with Crippen molar-refractivity contribution in [3.8, 4) is 0 Å². The van der Waals surface area contributed by atoms with E-state index in [1.54, 1.807) is 37.3 Å². The van der Waals surface area contributed by atoms with Crippen molar-refractivity contribution in [3.05, 3.63) is 60.2 Å². The Hall–Kier alpha value is -5.21. The summed E-state index contributed by atoms with van der Waals surface area (Å²) in [6.07, 6.45) is 5.92. The highest BCUT2D eigenvalue weighted by atomic mass is 16.4. The molecule has 0 saturated carbocycles. The van der Waals surface area contributed by atoms with Gasteiger partial charge in [-0.1, -0.05) is 77.8 Å². The van der Waals surface area contributed by atoms with Gasteiger partial charge in [0.05, 0.1) is 12.2 Å². The van der Waals surface area contributed by atoms with Gasteiger partial charge < -0.3 is 31.3 Å². The number of carbonyl (C=O) groups excluding carboxylic acids is 6. The molecule has 0 bridgehead atoms. The van der Waals surface area contributed by atoms with E-state index >= 15 is 0 Å². The minimum absolute atomic E-state index is 0.0239. The number of carboxylic acid groups (broad SMARTS) is 1. The fourth-order valence-corrected chi connectivity index (χ4v) is 7.14. The van der Waals surface area contributed by atoms with Crippen molar-refractivity contribution in [3.63, 3.8) is 0 Å². The molecule has 1 aromatic carbocycles. The number of Topliss-reactive ketones (excluding diaryl/α,β-unsaturated/α-hetero) is 1. The number of ketones is 1. The molecular weight excluding hydrogens is 670 g/mol. The van der Waals surface area contributed by atoms with Crippen LogP contribution >= 0.6 is 0 Å². The topological polar surface area (TPSA) is 217 Å². The molecule has 2 aliphatic rings. The molecule has 0 radical (unpaired) electrons. The van der Waals surface area contributed by atoms with Crippen LogP contribution in [0.1, 0.15) is 82.8 Å². The Labute approximate surface area is 303 Å². The lowest BCUT2D eigenvalue weighted by atomic mass is 9.88. The second-order valence-electron chi connectivity index (χ2n) is 14.0. The van der Waals surface area contributed by atoms with Gasteiger partial charge in [0.1, 0.15) is 29.9 Å². The number of carbonyl (C=O) groups is 7. The highest BCUT2D eigenvalue weighted by Crippen LogP contribution is 2.42. The summed E-state index contributed by atoms with van der Waals surface area (Å²) < 4.78 is 0. The van der Waals surface area contributed by atoms with Crippen LogP contribution in [0.4, 0.5) is 0 Å². The molecule has 2 saturated heterocycles. The number of hydrogen-bond acceptors (Lipinski definition) is 9. The van der Waals surface area contributed by atoms with Gasteiger partial charge in [-0.05, 0) is 36.7 Å². The van der Waals surface area contributed by atoms with Crippen molar-refractivity contribution >= 4 is 41.3 Å². The maximum Gasteiger partial charge on any atom is 0.326 e. The van der Waals surface area contributed by atoms with Gasteiger partial charge in [0.15, 0.2) is 0 Å². The smallest absolute Gasteiger partial charge is 0.326 e. The Bertz CT molecular complexity index is 1620. The third-order valence-corrected chi connectivity index (χ3v) is 9.84. The van der Waals surface area contributed by atoms with Crippen LogP contribution in [0.2, 0.25) is 0 Å². The van der Waals surface area contributed by atoms with Gasteiger partial charge in [-0.15, -0.1) is 0 Å². The normalized spacial score (nSPS) is 22.5. The summed E-state index contributed by atoms with van der Waals surface area (Å²) in [6, 6.07) is 2.77. The van der Waals surface area contributed by atoms with Crippen molar-refractivity contribution in [2.24, 2.45) is 17.8 Å². The SMILES string of the molecule is CCCC(NC(=O)[C@@H]1[C@@H](CC)CC2C(C)[C@H](NC(=O)[C@H](CC(C)C)NC(=O)c3cnccn3)C(=O)N21)C(=O)C(=O)N[C@@H](Cc1ccccc1)C(=O)O. The number of benzene rings is 1. The van der Waals surface area contributed by atoms with E-state index in [0.29, 0.717) is 31.2 Å². The summed E-state index contributed by atoms with van der Waals surface area (Å²) in [6.45, 7) is 9.31. The maximum absolute atomic E-state index is 14.0. The first-order valence-corrected chi connectivity index (χ1v) is 17.9.